The van der Waals surface area contributed by atoms with Gasteiger partial charge in [0.05, 0.1) is 13.7 Å². The Kier molecular flexibility index (Phi) is 5.62. The van der Waals surface area contributed by atoms with Crippen molar-refractivity contribution in [1.82, 2.24) is 0 Å². The predicted octanol–water partition coefficient (Wildman–Crippen LogP) is 4.54. The second-order valence-corrected chi connectivity index (χ2v) is 5.52. The molecule has 0 bridgehead atoms. The highest BCUT2D eigenvalue weighted by molar-refractivity contribution is 5.68. The number of methoxy groups -OCH3 is 1. The Morgan fingerprint density at radius 1 is 0.818 bits per heavy atom. The molecule has 0 spiro atoms. The Labute approximate surface area is 133 Å². The lowest BCUT2D eigenvalue weighted by molar-refractivity contribution is 0.280. The van der Waals surface area contributed by atoms with Crippen LogP contribution in [0.5, 0.6) is 5.75 Å². The molecule has 0 atom stereocenters. The maximum absolute atomic E-state index is 9.70. The molecule has 0 aliphatic rings. The van der Waals surface area contributed by atoms with Crippen molar-refractivity contribution in [3.63, 3.8) is 0 Å². The number of aryl methyl sites for hydroxylation is 2. The molecule has 0 saturated heterocycles. The predicted molar refractivity (Wildman–Crippen MR) is 92.5 cm³/mol. The van der Waals surface area contributed by atoms with E-state index in [0.29, 0.717) is 0 Å². The SMILES string of the molecule is CCc1ccc(-c2cc(CC)c(CC)c(CO)c2)cc1OC. The molecule has 0 radical (unpaired) electrons. The minimum absolute atomic E-state index is 0.0915. The normalized spacial score (nSPS) is 10.8. The molecule has 2 aromatic carbocycles. The molecule has 0 fully saturated rings. The third-order valence-corrected chi connectivity index (χ3v) is 4.34. The van der Waals surface area contributed by atoms with E-state index in [-0.39, 0.29) is 6.61 Å². The summed E-state index contributed by atoms with van der Waals surface area (Å²) in [5.41, 5.74) is 7.15. The maximum atomic E-state index is 9.70. The summed E-state index contributed by atoms with van der Waals surface area (Å²) in [4.78, 5) is 0. The van der Waals surface area contributed by atoms with Gasteiger partial charge in [0, 0.05) is 0 Å². The summed E-state index contributed by atoms with van der Waals surface area (Å²) in [6, 6.07) is 10.7. The number of aliphatic hydroxyl groups is 1. The highest BCUT2D eigenvalue weighted by Crippen LogP contribution is 2.31. The number of hydrogen-bond donors (Lipinski definition) is 1. The third kappa shape index (κ3) is 3.17. The molecule has 2 heteroatoms. The first-order chi connectivity index (χ1) is 10.7. The standard InChI is InChI=1S/C20H26O2/c1-5-14-8-9-16(12-20(14)22-4)17-10-15(6-2)19(7-3)18(11-17)13-21/h8-12,21H,5-7,13H2,1-4H3. The number of hydrogen-bond acceptors (Lipinski definition) is 2. The van der Waals surface area contributed by atoms with Gasteiger partial charge in [0.1, 0.15) is 5.75 Å². The molecule has 0 aromatic heterocycles. The highest BCUT2D eigenvalue weighted by atomic mass is 16.5. The highest BCUT2D eigenvalue weighted by Gasteiger charge is 2.11. The van der Waals surface area contributed by atoms with Crippen molar-refractivity contribution in [2.24, 2.45) is 0 Å². The van der Waals surface area contributed by atoms with Crippen molar-refractivity contribution in [2.75, 3.05) is 7.11 Å². The molecular weight excluding hydrogens is 272 g/mol. The van der Waals surface area contributed by atoms with Gasteiger partial charge in [-0.2, -0.15) is 0 Å². The summed E-state index contributed by atoms with van der Waals surface area (Å²) < 4.78 is 5.51. The first-order valence-electron chi connectivity index (χ1n) is 8.11. The fourth-order valence-electron chi connectivity index (χ4n) is 3.09. The number of aliphatic hydroxyl groups excluding tert-OH is 1. The van der Waals surface area contributed by atoms with Crippen molar-refractivity contribution >= 4 is 0 Å². The summed E-state index contributed by atoms with van der Waals surface area (Å²) in [5.74, 6) is 0.933. The van der Waals surface area contributed by atoms with Gasteiger partial charge in [0.25, 0.3) is 0 Å². The van der Waals surface area contributed by atoms with Crippen LogP contribution in [-0.4, -0.2) is 12.2 Å². The molecule has 1 N–H and O–H groups in total. The smallest absolute Gasteiger partial charge is 0.122 e. The second-order valence-electron chi connectivity index (χ2n) is 5.52. The Bertz CT molecular complexity index is 619. The summed E-state index contributed by atoms with van der Waals surface area (Å²) >= 11 is 0. The molecule has 0 amide bonds. The van der Waals surface area contributed by atoms with Crippen LogP contribution in [0.3, 0.4) is 0 Å². The fourth-order valence-corrected chi connectivity index (χ4v) is 3.09. The molecule has 22 heavy (non-hydrogen) atoms. The van der Waals surface area contributed by atoms with Crippen LogP contribution in [0.25, 0.3) is 11.1 Å². The van der Waals surface area contributed by atoms with Gasteiger partial charge in [-0.3, -0.25) is 0 Å². The van der Waals surface area contributed by atoms with Crippen molar-refractivity contribution in [1.29, 1.82) is 0 Å². The minimum Gasteiger partial charge on any atom is -0.496 e. The summed E-state index contributed by atoms with van der Waals surface area (Å²) in [5, 5.41) is 9.70. The van der Waals surface area contributed by atoms with E-state index < -0.39 is 0 Å². The van der Waals surface area contributed by atoms with E-state index in [1.807, 2.05) is 0 Å². The minimum atomic E-state index is 0.0915. The van der Waals surface area contributed by atoms with Crippen LogP contribution in [0.4, 0.5) is 0 Å². The van der Waals surface area contributed by atoms with Gasteiger partial charge in [-0.25, -0.2) is 0 Å². The van der Waals surface area contributed by atoms with Crippen LogP contribution in [0, 0.1) is 0 Å². The summed E-state index contributed by atoms with van der Waals surface area (Å²) in [6.07, 6.45) is 2.89. The zero-order chi connectivity index (χ0) is 16.1. The lowest BCUT2D eigenvalue weighted by atomic mass is 9.91. The molecule has 0 aliphatic heterocycles. The maximum Gasteiger partial charge on any atom is 0.122 e. The van der Waals surface area contributed by atoms with Crippen LogP contribution in [-0.2, 0) is 25.9 Å². The van der Waals surface area contributed by atoms with Crippen LogP contribution in [0.15, 0.2) is 30.3 Å². The van der Waals surface area contributed by atoms with Gasteiger partial charge < -0.3 is 9.84 Å². The number of benzene rings is 2. The Balaban J connectivity index is 2.57. The zero-order valence-corrected chi connectivity index (χ0v) is 14.1. The lowest BCUT2D eigenvalue weighted by Gasteiger charge is -2.15. The second kappa shape index (κ2) is 7.46. The molecule has 2 rings (SSSR count). The molecule has 2 aromatic rings. The summed E-state index contributed by atoms with van der Waals surface area (Å²) in [6.45, 7) is 6.54. The average Bonchev–Trinajstić information content (AvgIpc) is 2.59. The first-order valence-corrected chi connectivity index (χ1v) is 8.11. The van der Waals surface area contributed by atoms with E-state index in [1.54, 1.807) is 7.11 Å². The third-order valence-electron chi connectivity index (χ3n) is 4.34. The molecular formula is C20H26O2. The van der Waals surface area contributed by atoms with E-state index in [2.05, 4.69) is 51.1 Å². The largest absolute Gasteiger partial charge is 0.496 e. The summed E-state index contributed by atoms with van der Waals surface area (Å²) in [7, 11) is 1.72. The number of ether oxygens (including phenoxy) is 1. The van der Waals surface area contributed by atoms with Gasteiger partial charge in [0.2, 0.25) is 0 Å². The molecule has 0 saturated carbocycles. The van der Waals surface area contributed by atoms with Crippen molar-refractivity contribution in [2.45, 2.75) is 46.6 Å². The van der Waals surface area contributed by atoms with Gasteiger partial charge in [-0.15, -0.1) is 0 Å². The average molecular weight is 298 g/mol. The van der Waals surface area contributed by atoms with E-state index in [4.69, 9.17) is 4.74 Å². The van der Waals surface area contributed by atoms with Gasteiger partial charge in [0.15, 0.2) is 0 Å². The van der Waals surface area contributed by atoms with E-state index in [9.17, 15) is 5.11 Å². The van der Waals surface area contributed by atoms with Gasteiger partial charge in [-0.1, -0.05) is 39.0 Å². The van der Waals surface area contributed by atoms with Gasteiger partial charge in [-0.05, 0) is 64.8 Å². The Morgan fingerprint density at radius 3 is 2.05 bits per heavy atom. The van der Waals surface area contributed by atoms with Crippen molar-refractivity contribution in [3.8, 4) is 16.9 Å². The van der Waals surface area contributed by atoms with Crippen LogP contribution in [0.2, 0.25) is 0 Å². The molecule has 0 heterocycles. The Morgan fingerprint density at radius 2 is 1.50 bits per heavy atom. The first kappa shape index (κ1) is 16.6. The monoisotopic (exact) mass is 298 g/mol. The van der Waals surface area contributed by atoms with E-state index >= 15 is 0 Å². The topological polar surface area (TPSA) is 29.5 Å². The zero-order valence-electron chi connectivity index (χ0n) is 14.1. The molecule has 0 aliphatic carbocycles. The van der Waals surface area contributed by atoms with E-state index in [0.717, 1.165) is 41.7 Å². The van der Waals surface area contributed by atoms with Crippen molar-refractivity contribution in [3.05, 3.63) is 52.6 Å². The van der Waals surface area contributed by atoms with E-state index in [1.165, 1.54) is 16.7 Å². The lowest BCUT2D eigenvalue weighted by Crippen LogP contribution is -2.00. The van der Waals surface area contributed by atoms with Crippen LogP contribution < -0.4 is 4.74 Å². The molecule has 118 valence electrons. The molecule has 0 unspecified atom stereocenters. The molecule has 2 nitrogen and oxygen atoms in total. The Hall–Kier alpha value is -1.80. The van der Waals surface area contributed by atoms with Crippen molar-refractivity contribution < 1.29 is 9.84 Å². The van der Waals surface area contributed by atoms with Gasteiger partial charge >= 0.3 is 0 Å². The van der Waals surface area contributed by atoms with Crippen LogP contribution >= 0.6 is 0 Å². The fraction of sp³-hybridized carbons (Fsp3) is 0.400. The van der Waals surface area contributed by atoms with Crippen LogP contribution in [0.1, 0.15) is 43.0 Å². The number of rotatable bonds is 6. The quantitative estimate of drug-likeness (QED) is 0.848.